The van der Waals surface area contributed by atoms with Crippen LogP contribution < -0.4 is 5.32 Å². The van der Waals surface area contributed by atoms with Gasteiger partial charge in [-0.15, -0.1) is 0 Å². The van der Waals surface area contributed by atoms with Gasteiger partial charge in [0.1, 0.15) is 5.58 Å². The summed E-state index contributed by atoms with van der Waals surface area (Å²) >= 11 is 0. The molecule has 0 unspecified atom stereocenters. The number of carboxylic acid groups (broad SMARTS) is 1. The van der Waals surface area contributed by atoms with Crippen molar-refractivity contribution in [2.75, 3.05) is 6.54 Å². The first-order valence-electron chi connectivity index (χ1n) is 6.11. The molecule has 2 aromatic rings. The Morgan fingerprint density at radius 1 is 1.32 bits per heavy atom. The second kappa shape index (κ2) is 4.12. The molecule has 0 saturated heterocycles. The van der Waals surface area contributed by atoms with Gasteiger partial charge in [-0.2, -0.15) is 0 Å². The average molecular weight is 259 g/mol. The van der Waals surface area contributed by atoms with Crippen molar-refractivity contribution in [3.63, 3.8) is 0 Å². The molecule has 1 aromatic carbocycles. The van der Waals surface area contributed by atoms with E-state index in [1.807, 2.05) is 18.2 Å². The molecule has 19 heavy (non-hydrogen) atoms. The smallest absolute Gasteiger partial charge is 0.311 e. The van der Waals surface area contributed by atoms with Gasteiger partial charge in [-0.05, 0) is 25.0 Å². The first kappa shape index (κ1) is 11.8. The van der Waals surface area contributed by atoms with E-state index >= 15 is 0 Å². The van der Waals surface area contributed by atoms with E-state index in [1.54, 1.807) is 12.1 Å². The SMILES string of the molecule is O=C(NCC1(C(=O)O)CC1)c1cc2ccccc2o1. The molecular weight excluding hydrogens is 246 g/mol. The zero-order chi connectivity index (χ0) is 13.5. The summed E-state index contributed by atoms with van der Waals surface area (Å²) in [4.78, 5) is 22.9. The molecule has 2 N–H and O–H groups in total. The van der Waals surface area contributed by atoms with Crippen LogP contribution in [0.3, 0.4) is 0 Å². The van der Waals surface area contributed by atoms with Crippen LogP contribution >= 0.6 is 0 Å². The maximum Gasteiger partial charge on any atom is 0.311 e. The van der Waals surface area contributed by atoms with E-state index in [2.05, 4.69) is 5.32 Å². The van der Waals surface area contributed by atoms with Crippen LogP contribution in [0.25, 0.3) is 11.0 Å². The third kappa shape index (κ3) is 2.07. The van der Waals surface area contributed by atoms with Crippen LogP contribution in [0.15, 0.2) is 34.7 Å². The van der Waals surface area contributed by atoms with Crippen molar-refractivity contribution in [3.8, 4) is 0 Å². The van der Waals surface area contributed by atoms with Gasteiger partial charge in [-0.3, -0.25) is 9.59 Å². The fourth-order valence-electron chi connectivity index (χ4n) is 2.05. The summed E-state index contributed by atoms with van der Waals surface area (Å²) in [6.45, 7) is 0.151. The number of benzene rings is 1. The minimum Gasteiger partial charge on any atom is -0.481 e. The maximum atomic E-state index is 11.9. The van der Waals surface area contributed by atoms with Crippen molar-refractivity contribution in [2.45, 2.75) is 12.8 Å². The number of aliphatic carboxylic acids is 1. The minimum absolute atomic E-state index is 0.151. The summed E-state index contributed by atoms with van der Waals surface area (Å²) in [7, 11) is 0. The lowest BCUT2D eigenvalue weighted by atomic mass is 10.1. The quantitative estimate of drug-likeness (QED) is 0.880. The number of amides is 1. The number of para-hydroxylation sites is 1. The standard InChI is InChI=1S/C14H13NO4/c16-12(15-8-14(5-6-14)13(17)18)11-7-9-3-1-2-4-10(9)19-11/h1-4,7H,5-6,8H2,(H,15,16)(H,17,18). The largest absolute Gasteiger partial charge is 0.481 e. The number of rotatable bonds is 4. The van der Waals surface area contributed by atoms with Crippen LogP contribution in [0.4, 0.5) is 0 Å². The molecule has 0 spiro atoms. The molecule has 3 rings (SSSR count). The van der Waals surface area contributed by atoms with Gasteiger partial charge in [0, 0.05) is 11.9 Å². The van der Waals surface area contributed by atoms with Crippen molar-refractivity contribution in [1.82, 2.24) is 5.32 Å². The molecule has 1 heterocycles. The van der Waals surface area contributed by atoms with Crippen molar-refractivity contribution in [3.05, 3.63) is 36.1 Å². The van der Waals surface area contributed by atoms with E-state index in [0.29, 0.717) is 18.4 Å². The highest BCUT2D eigenvalue weighted by Gasteiger charge is 2.50. The van der Waals surface area contributed by atoms with E-state index in [1.165, 1.54) is 0 Å². The van der Waals surface area contributed by atoms with Crippen LogP contribution in [-0.2, 0) is 4.79 Å². The molecule has 0 atom stereocenters. The molecule has 0 aliphatic heterocycles. The highest BCUT2D eigenvalue weighted by Crippen LogP contribution is 2.45. The molecule has 1 aromatic heterocycles. The van der Waals surface area contributed by atoms with E-state index in [-0.39, 0.29) is 18.2 Å². The number of furan rings is 1. The molecule has 1 saturated carbocycles. The Kier molecular flexibility index (Phi) is 2.55. The molecule has 98 valence electrons. The number of fused-ring (bicyclic) bond motifs is 1. The zero-order valence-corrected chi connectivity index (χ0v) is 10.2. The molecule has 1 amide bonds. The van der Waals surface area contributed by atoms with Gasteiger partial charge in [0.25, 0.3) is 5.91 Å². The average Bonchev–Trinajstić information content (AvgIpc) is 3.07. The topological polar surface area (TPSA) is 79.5 Å². The van der Waals surface area contributed by atoms with Crippen molar-refractivity contribution >= 4 is 22.8 Å². The van der Waals surface area contributed by atoms with E-state index < -0.39 is 11.4 Å². The summed E-state index contributed by atoms with van der Waals surface area (Å²) in [6, 6.07) is 8.99. The molecule has 1 aliphatic carbocycles. The summed E-state index contributed by atoms with van der Waals surface area (Å²) in [6.07, 6.45) is 1.23. The van der Waals surface area contributed by atoms with Crippen LogP contribution in [0.2, 0.25) is 0 Å². The van der Waals surface area contributed by atoms with E-state index in [0.717, 1.165) is 5.39 Å². The molecule has 1 aliphatic rings. The Bertz CT molecular complexity index is 621. The third-order valence-electron chi connectivity index (χ3n) is 3.54. The molecule has 0 radical (unpaired) electrons. The summed E-state index contributed by atoms with van der Waals surface area (Å²) in [5.74, 6) is -1.01. The first-order valence-corrected chi connectivity index (χ1v) is 6.11. The Hall–Kier alpha value is -2.30. The summed E-state index contributed by atoms with van der Waals surface area (Å²) in [5, 5.41) is 12.5. The molecule has 1 fully saturated rings. The zero-order valence-electron chi connectivity index (χ0n) is 10.2. The number of hydrogen-bond donors (Lipinski definition) is 2. The molecule has 0 bridgehead atoms. The fraction of sp³-hybridized carbons (Fsp3) is 0.286. The van der Waals surface area contributed by atoms with Gasteiger partial charge in [-0.25, -0.2) is 0 Å². The van der Waals surface area contributed by atoms with Crippen molar-refractivity contribution in [2.24, 2.45) is 5.41 Å². The second-order valence-electron chi connectivity index (χ2n) is 4.92. The van der Waals surface area contributed by atoms with Crippen LogP contribution in [0, 0.1) is 5.41 Å². The van der Waals surface area contributed by atoms with Crippen molar-refractivity contribution in [1.29, 1.82) is 0 Å². The highest BCUT2D eigenvalue weighted by atomic mass is 16.4. The Morgan fingerprint density at radius 2 is 2.05 bits per heavy atom. The predicted molar refractivity (Wildman–Crippen MR) is 67.9 cm³/mol. The summed E-state index contributed by atoms with van der Waals surface area (Å²) in [5.41, 5.74) is -0.117. The van der Waals surface area contributed by atoms with Crippen LogP contribution in [0.5, 0.6) is 0 Å². The predicted octanol–water partition coefficient (Wildman–Crippen LogP) is 2.03. The number of carboxylic acids is 1. The Balaban J connectivity index is 1.72. The van der Waals surface area contributed by atoms with Gasteiger partial charge >= 0.3 is 5.97 Å². The third-order valence-corrected chi connectivity index (χ3v) is 3.54. The van der Waals surface area contributed by atoms with E-state index in [4.69, 9.17) is 9.52 Å². The van der Waals surface area contributed by atoms with Gasteiger partial charge in [0.05, 0.1) is 5.41 Å². The minimum atomic E-state index is -0.850. The number of carbonyl (C=O) groups excluding carboxylic acids is 1. The van der Waals surface area contributed by atoms with Gasteiger partial charge < -0.3 is 14.8 Å². The van der Waals surface area contributed by atoms with Crippen molar-refractivity contribution < 1.29 is 19.1 Å². The van der Waals surface area contributed by atoms with Crippen LogP contribution in [-0.4, -0.2) is 23.5 Å². The van der Waals surface area contributed by atoms with Gasteiger partial charge in [0.15, 0.2) is 5.76 Å². The first-order chi connectivity index (χ1) is 9.11. The Morgan fingerprint density at radius 3 is 2.68 bits per heavy atom. The van der Waals surface area contributed by atoms with E-state index in [9.17, 15) is 9.59 Å². The second-order valence-corrected chi connectivity index (χ2v) is 4.92. The number of hydrogen-bond acceptors (Lipinski definition) is 3. The summed E-state index contributed by atoms with van der Waals surface area (Å²) < 4.78 is 5.42. The number of nitrogens with one attached hydrogen (secondary N) is 1. The molecule has 5 nitrogen and oxygen atoms in total. The highest BCUT2D eigenvalue weighted by molar-refractivity contribution is 5.96. The van der Waals surface area contributed by atoms with Crippen LogP contribution in [0.1, 0.15) is 23.4 Å². The lowest BCUT2D eigenvalue weighted by Gasteiger charge is -2.09. The monoisotopic (exact) mass is 259 g/mol. The lowest BCUT2D eigenvalue weighted by molar-refractivity contribution is -0.143. The van der Waals surface area contributed by atoms with Gasteiger partial charge in [0.2, 0.25) is 0 Å². The molecular formula is C14H13NO4. The van der Waals surface area contributed by atoms with Gasteiger partial charge in [-0.1, -0.05) is 18.2 Å². The number of carbonyl (C=O) groups is 2. The fourth-order valence-corrected chi connectivity index (χ4v) is 2.05. The normalized spacial score (nSPS) is 16.2. The maximum absolute atomic E-state index is 11.9. The lowest BCUT2D eigenvalue weighted by Crippen LogP contribution is -2.34. The Labute approximate surface area is 109 Å². The molecule has 5 heteroatoms.